The molecule has 0 amide bonds. The molecule has 2 N–H and O–H groups in total. The Bertz CT molecular complexity index is 185. The monoisotopic (exact) mass is 226 g/mol. The van der Waals surface area contributed by atoms with Gasteiger partial charge in [0.1, 0.15) is 0 Å². The summed E-state index contributed by atoms with van der Waals surface area (Å²) >= 11 is 0. The molecule has 0 aromatic heterocycles. The van der Waals surface area contributed by atoms with Crippen LogP contribution in [0, 0.1) is 0 Å². The molecule has 16 heavy (non-hydrogen) atoms. The summed E-state index contributed by atoms with van der Waals surface area (Å²) in [5, 5.41) is 7.06. The lowest BCUT2D eigenvalue weighted by molar-refractivity contribution is 0.236. The second-order valence-electron chi connectivity index (χ2n) is 5.15. The molecular weight excluding hydrogens is 200 g/mol. The van der Waals surface area contributed by atoms with Crippen LogP contribution in [-0.2, 0) is 0 Å². The Morgan fingerprint density at radius 1 is 1.25 bits per heavy atom. The third kappa shape index (κ3) is 4.01. The zero-order valence-corrected chi connectivity index (χ0v) is 10.5. The third-order valence-corrected chi connectivity index (χ3v) is 3.69. The second-order valence-corrected chi connectivity index (χ2v) is 5.15. The molecule has 0 saturated carbocycles. The summed E-state index contributed by atoms with van der Waals surface area (Å²) < 4.78 is 0. The van der Waals surface area contributed by atoms with Crippen molar-refractivity contribution in [1.29, 1.82) is 0 Å². The summed E-state index contributed by atoms with van der Waals surface area (Å²) in [6.07, 6.45) is 2.62. The second kappa shape index (κ2) is 6.55. The lowest BCUT2D eigenvalue weighted by Crippen LogP contribution is -2.44. The van der Waals surface area contributed by atoms with E-state index in [2.05, 4.69) is 27.5 Å². The number of rotatable bonds is 5. The number of hydrogen-bond donors (Lipinski definition) is 2. The van der Waals surface area contributed by atoms with Crippen molar-refractivity contribution in [3.63, 3.8) is 0 Å². The van der Waals surface area contributed by atoms with Gasteiger partial charge in [0.05, 0.1) is 0 Å². The molecule has 0 spiro atoms. The average Bonchev–Trinajstić information content (AvgIpc) is 2.72. The van der Waals surface area contributed by atoms with Gasteiger partial charge in [0.2, 0.25) is 0 Å². The molecule has 2 aliphatic rings. The highest BCUT2D eigenvalue weighted by Gasteiger charge is 2.18. The van der Waals surface area contributed by atoms with Gasteiger partial charge in [0, 0.05) is 38.8 Å². The number of nitrogens with one attached hydrogen (secondary N) is 2. The van der Waals surface area contributed by atoms with E-state index >= 15 is 0 Å². The van der Waals surface area contributed by atoms with E-state index in [9.17, 15) is 0 Å². The van der Waals surface area contributed by atoms with Gasteiger partial charge in [-0.25, -0.2) is 0 Å². The molecule has 4 heteroatoms. The van der Waals surface area contributed by atoms with Crippen LogP contribution in [-0.4, -0.2) is 75.2 Å². The van der Waals surface area contributed by atoms with Crippen LogP contribution in [0.1, 0.15) is 12.8 Å². The van der Waals surface area contributed by atoms with Crippen LogP contribution in [0.5, 0.6) is 0 Å². The first-order chi connectivity index (χ1) is 7.84. The van der Waals surface area contributed by atoms with Crippen molar-refractivity contribution in [2.75, 3.05) is 59.4 Å². The Morgan fingerprint density at radius 3 is 2.75 bits per heavy atom. The van der Waals surface area contributed by atoms with Gasteiger partial charge in [-0.05, 0) is 39.5 Å². The van der Waals surface area contributed by atoms with E-state index in [0.29, 0.717) is 0 Å². The predicted molar refractivity (Wildman–Crippen MR) is 67.8 cm³/mol. The van der Waals surface area contributed by atoms with Crippen LogP contribution in [0.4, 0.5) is 0 Å². The van der Waals surface area contributed by atoms with E-state index in [1.165, 1.54) is 65.2 Å². The third-order valence-electron chi connectivity index (χ3n) is 3.69. The highest BCUT2D eigenvalue weighted by atomic mass is 15.2. The summed E-state index contributed by atoms with van der Waals surface area (Å²) in [7, 11) is 2.21. The van der Waals surface area contributed by atoms with Crippen LogP contribution >= 0.6 is 0 Å². The highest BCUT2D eigenvalue weighted by molar-refractivity contribution is 4.78. The topological polar surface area (TPSA) is 30.5 Å². The molecule has 0 aromatic carbocycles. The maximum atomic E-state index is 3.67. The van der Waals surface area contributed by atoms with Gasteiger partial charge in [0.15, 0.2) is 0 Å². The molecule has 2 heterocycles. The zero-order chi connectivity index (χ0) is 11.2. The van der Waals surface area contributed by atoms with Gasteiger partial charge in [-0.2, -0.15) is 0 Å². The van der Waals surface area contributed by atoms with Crippen molar-refractivity contribution >= 4 is 0 Å². The van der Waals surface area contributed by atoms with Crippen LogP contribution in [0.2, 0.25) is 0 Å². The maximum Gasteiger partial charge on any atom is 0.0207 e. The van der Waals surface area contributed by atoms with E-state index in [4.69, 9.17) is 0 Å². The maximum absolute atomic E-state index is 3.67. The minimum atomic E-state index is 0.744. The largest absolute Gasteiger partial charge is 0.314 e. The van der Waals surface area contributed by atoms with Crippen molar-refractivity contribution in [3.05, 3.63) is 0 Å². The van der Waals surface area contributed by atoms with Gasteiger partial charge in [-0.1, -0.05) is 0 Å². The van der Waals surface area contributed by atoms with Crippen molar-refractivity contribution < 1.29 is 0 Å². The average molecular weight is 226 g/mol. The molecule has 2 saturated heterocycles. The number of piperazine rings is 1. The quantitative estimate of drug-likeness (QED) is 0.623. The summed E-state index contributed by atoms with van der Waals surface area (Å²) in [6.45, 7) is 9.72. The molecular formula is C12H26N4. The van der Waals surface area contributed by atoms with E-state index in [-0.39, 0.29) is 0 Å². The van der Waals surface area contributed by atoms with Crippen LogP contribution < -0.4 is 10.6 Å². The van der Waals surface area contributed by atoms with Crippen LogP contribution in [0.3, 0.4) is 0 Å². The fourth-order valence-corrected chi connectivity index (χ4v) is 2.65. The SMILES string of the molecule is CN1CCC(NCCCN2CCNCC2)C1. The molecule has 2 rings (SSSR count). The Labute approximate surface area is 99.4 Å². The number of likely N-dealkylation sites (N-methyl/N-ethyl adjacent to an activating group) is 1. The van der Waals surface area contributed by atoms with Gasteiger partial charge < -0.3 is 20.4 Å². The normalized spacial score (nSPS) is 28.7. The summed E-state index contributed by atoms with van der Waals surface area (Å²) in [6, 6.07) is 0.744. The van der Waals surface area contributed by atoms with Crippen LogP contribution in [0.15, 0.2) is 0 Å². The first-order valence-electron chi connectivity index (χ1n) is 6.69. The number of likely N-dealkylation sites (tertiary alicyclic amines) is 1. The van der Waals surface area contributed by atoms with Crippen molar-refractivity contribution in [1.82, 2.24) is 20.4 Å². The molecule has 0 aromatic rings. The van der Waals surface area contributed by atoms with E-state index in [1.54, 1.807) is 0 Å². The van der Waals surface area contributed by atoms with Crippen molar-refractivity contribution in [2.45, 2.75) is 18.9 Å². The van der Waals surface area contributed by atoms with Crippen molar-refractivity contribution in [3.8, 4) is 0 Å². The highest BCUT2D eigenvalue weighted by Crippen LogP contribution is 2.05. The van der Waals surface area contributed by atoms with E-state index < -0.39 is 0 Å². The van der Waals surface area contributed by atoms with Gasteiger partial charge in [-0.3, -0.25) is 0 Å². The first-order valence-corrected chi connectivity index (χ1v) is 6.69. The molecule has 0 aliphatic carbocycles. The number of hydrogen-bond acceptors (Lipinski definition) is 4. The molecule has 2 aliphatic heterocycles. The Hall–Kier alpha value is -0.160. The zero-order valence-electron chi connectivity index (χ0n) is 10.5. The molecule has 94 valence electrons. The number of nitrogens with zero attached hydrogens (tertiary/aromatic N) is 2. The molecule has 0 bridgehead atoms. The lowest BCUT2D eigenvalue weighted by Gasteiger charge is -2.27. The lowest BCUT2D eigenvalue weighted by atomic mass is 10.2. The van der Waals surface area contributed by atoms with Gasteiger partial charge >= 0.3 is 0 Å². The molecule has 4 nitrogen and oxygen atoms in total. The van der Waals surface area contributed by atoms with Crippen LogP contribution in [0.25, 0.3) is 0 Å². The Kier molecular flexibility index (Phi) is 5.03. The smallest absolute Gasteiger partial charge is 0.0207 e. The first kappa shape index (κ1) is 12.3. The Morgan fingerprint density at radius 2 is 2.06 bits per heavy atom. The minimum absolute atomic E-state index is 0.744. The molecule has 2 fully saturated rings. The summed E-state index contributed by atoms with van der Waals surface area (Å²) in [5.41, 5.74) is 0. The minimum Gasteiger partial charge on any atom is -0.314 e. The fourth-order valence-electron chi connectivity index (χ4n) is 2.65. The van der Waals surface area contributed by atoms with E-state index in [0.717, 1.165) is 6.04 Å². The molecule has 1 unspecified atom stereocenters. The Balaban J connectivity index is 1.48. The molecule has 0 radical (unpaired) electrons. The fraction of sp³-hybridized carbons (Fsp3) is 1.00. The standard InChI is InChI=1S/C12H26N4/c1-15-8-3-12(11-15)14-4-2-7-16-9-5-13-6-10-16/h12-14H,2-11H2,1H3. The molecule has 1 atom stereocenters. The predicted octanol–water partition coefficient (Wildman–Crippen LogP) is -0.425. The summed E-state index contributed by atoms with van der Waals surface area (Å²) in [5.74, 6) is 0. The van der Waals surface area contributed by atoms with Gasteiger partial charge in [0.25, 0.3) is 0 Å². The summed E-state index contributed by atoms with van der Waals surface area (Å²) in [4.78, 5) is 4.98. The van der Waals surface area contributed by atoms with Crippen molar-refractivity contribution in [2.24, 2.45) is 0 Å². The van der Waals surface area contributed by atoms with Gasteiger partial charge in [-0.15, -0.1) is 0 Å². The van der Waals surface area contributed by atoms with E-state index in [1.807, 2.05) is 0 Å².